The lowest BCUT2D eigenvalue weighted by Crippen LogP contribution is -2.51. The van der Waals surface area contributed by atoms with Gasteiger partial charge < -0.3 is 5.73 Å². The summed E-state index contributed by atoms with van der Waals surface area (Å²) in [5, 5.41) is 0. The SMILES string of the molecule is NC(Cc1cccc(Br)c1)C1(c2ccccc2)CCC1. The highest BCUT2D eigenvalue weighted by Crippen LogP contribution is 2.46. The standard InChI is InChI=1S/C18H20BrN/c19-16-9-4-6-14(12-16)13-17(20)18(10-5-11-18)15-7-2-1-3-8-15/h1-4,6-9,12,17H,5,10-11,13,20H2. The first-order valence-corrected chi connectivity index (χ1v) is 8.05. The van der Waals surface area contributed by atoms with Crippen molar-refractivity contribution < 1.29 is 0 Å². The number of rotatable bonds is 4. The van der Waals surface area contributed by atoms with Gasteiger partial charge in [0, 0.05) is 15.9 Å². The summed E-state index contributed by atoms with van der Waals surface area (Å²) < 4.78 is 1.13. The summed E-state index contributed by atoms with van der Waals surface area (Å²) in [4.78, 5) is 0. The highest BCUT2D eigenvalue weighted by Gasteiger charge is 2.43. The second-order valence-corrected chi connectivity index (χ2v) is 6.73. The third-order valence-electron chi connectivity index (χ3n) is 4.65. The molecule has 1 saturated carbocycles. The van der Waals surface area contributed by atoms with Crippen LogP contribution in [0.5, 0.6) is 0 Å². The highest BCUT2D eigenvalue weighted by atomic mass is 79.9. The predicted octanol–water partition coefficient (Wildman–Crippen LogP) is 4.44. The Labute approximate surface area is 129 Å². The zero-order chi connectivity index (χ0) is 14.0. The van der Waals surface area contributed by atoms with Crippen LogP contribution in [0.1, 0.15) is 30.4 Å². The molecule has 2 aromatic rings. The van der Waals surface area contributed by atoms with Gasteiger partial charge in [-0.15, -0.1) is 0 Å². The molecule has 0 aliphatic heterocycles. The van der Waals surface area contributed by atoms with E-state index < -0.39 is 0 Å². The molecule has 0 bridgehead atoms. The second kappa shape index (κ2) is 5.71. The van der Waals surface area contributed by atoms with Gasteiger partial charge in [-0.2, -0.15) is 0 Å². The fourth-order valence-corrected chi connectivity index (χ4v) is 3.76. The minimum atomic E-state index is 0.184. The zero-order valence-electron chi connectivity index (χ0n) is 11.6. The van der Waals surface area contributed by atoms with Crippen LogP contribution in [0.4, 0.5) is 0 Å². The van der Waals surface area contributed by atoms with Gasteiger partial charge in [0.05, 0.1) is 0 Å². The first-order chi connectivity index (χ1) is 9.71. The van der Waals surface area contributed by atoms with E-state index in [9.17, 15) is 0 Å². The van der Waals surface area contributed by atoms with Gasteiger partial charge >= 0.3 is 0 Å². The van der Waals surface area contributed by atoms with E-state index in [4.69, 9.17) is 5.73 Å². The minimum Gasteiger partial charge on any atom is -0.327 e. The molecule has 0 heterocycles. The van der Waals surface area contributed by atoms with Crippen molar-refractivity contribution >= 4 is 15.9 Å². The van der Waals surface area contributed by atoms with Gasteiger partial charge in [-0.3, -0.25) is 0 Å². The Morgan fingerprint density at radius 3 is 2.40 bits per heavy atom. The van der Waals surface area contributed by atoms with E-state index in [1.165, 1.54) is 30.4 Å². The maximum Gasteiger partial charge on any atom is 0.0178 e. The van der Waals surface area contributed by atoms with E-state index in [1.54, 1.807) is 0 Å². The van der Waals surface area contributed by atoms with Gasteiger partial charge in [-0.1, -0.05) is 64.8 Å². The van der Waals surface area contributed by atoms with Gasteiger partial charge in [0.15, 0.2) is 0 Å². The van der Waals surface area contributed by atoms with Crippen LogP contribution in [-0.4, -0.2) is 6.04 Å². The average molecular weight is 330 g/mol. The maximum absolute atomic E-state index is 6.61. The molecule has 2 heteroatoms. The van der Waals surface area contributed by atoms with Crippen LogP contribution in [0.15, 0.2) is 59.1 Å². The van der Waals surface area contributed by atoms with E-state index in [-0.39, 0.29) is 11.5 Å². The van der Waals surface area contributed by atoms with Crippen molar-refractivity contribution in [2.75, 3.05) is 0 Å². The number of benzene rings is 2. The third-order valence-corrected chi connectivity index (χ3v) is 5.14. The van der Waals surface area contributed by atoms with Crippen LogP contribution in [0.3, 0.4) is 0 Å². The fourth-order valence-electron chi connectivity index (χ4n) is 3.31. The molecule has 1 fully saturated rings. The van der Waals surface area contributed by atoms with Crippen LogP contribution in [-0.2, 0) is 11.8 Å². The topological polar surface area (TPSA) is 26.0 Å². The summed E-state index contributed by atoms with van der Waals surface area (Å²) >= 11 is 3.54. The van der Waals surface area contributed by atoms with Gasteiger partial charge in [0.25, 0.3) is 0 Å². The lowest BCUT2D eigenvalue weighted by molar-refractivity contribution is 0.194. The number of halogens is 1. The summed E-state index contributed by atoms with van der Waals surface area (Å²) in [6, 6.07) is 19.5. The molecule has 2 aromatic carbocycles. The van der Waals surface area contributed by atoms with E-state index in [2.05, 4.69) is 70.5 Å². The lowest BCUT2D eigenvalue weighted by Gasteiger charge is -2.47. The lowest BCUT2D eigenvalue weighted by atomic mass is 9.59. The van der Waals surface area contributed by atoms with Gasteiger partial charge in [-0.25, -0.2) is 0 Å². The molecule has 0 saturated heterocycles. The Balaban J connectivity index is 1.83. The van der Waals surface area contributed by atoms with Crippen LogP contribution < -0.4 is 5.73 Å². The first kappa shape index (κ1) is 13.8. The summed E-state index contributed by atoms with van der Waals surface area (Å²) in [6.07, 6.45) is 4.66. The summed E-state index contributed by atoms with van der Waals surface area (Å²) in [6.45, 7) is 0. The molecular formula is C18H20BrN. The molecule has 1 aliphatic carbocycles. The summed E-state index contributed by atoms with van der Waals surface area (Å²) in [7, 11) is 0. The Morgan fingerprint density at radius 1 is 1.05 bits per heavy atom. The van der Waals surface area contributed by atoms with E-state index in [0.29, 0.717) is 0 Å². The van der Waals surface area contributed by atoms with Crippen molar-refractivity contribution in [2.24, 2.45) is 5.73 Å². The van der Waals surface area contributed by atoms with Gasteiger partial charge in [0.1, 0.15) is 0 Å². The van der Waals surface area contributed by atoms with Crippen molar-refractivity contribution in [3.63, 3.8) is 0 Å². The van der Waals surface area contributed by atoms with Gasteiger partial charge in [-0.05, 0) is 42.5 Å². The van der Waals surface area contributed by atoms with E-state index in [0.717, 1.165) is 10.9 Å². The molecule has 20 heavy (non-hydrogen) atoms. The molecule has 1 atom stereocenters. The minimum absolute atomic E-state index is 0.184. The molecule has 104 valence electrons. The summed E-state index contributed by atoms with van der Waals surface area (Å²) in [5.74, 6) is 0. The molecular weight excluding hydrogens is 310 g/mol. The molecule has 1 nitrogen and oxygen atoms in total. The zero-order valence-corrected chi connectivity index (χ0v) is 13.1. The Bertz CT molecular complexity index is 575. The van der Waals surface area contributed by atoms with Crippen molar-refractivity contribution in [1.29, 1.82) is 0 Å². The van der Waals surface area contributed by atoms with Crippen LogP contribution in [0.2, 0.25) is 0 Å². The van der Waals surface area contributed by atoms with Crippen LogP contribution >= 0.6 is 15.9 Å². The quantitative estimate of drug-likeness (QED) is 0.881. The van der Waals surface area contributed by atoms with Crippen molar-refractivity contribution in [3.05, 3.63) is 70.2 Å². The number of hydrogen-bond acceptors (Lipinski definition) is 1. The molecule has 3 rings (SSSR count). The number of hydrogen-bond donors (Lipinski definition) is 1. The third kappa shape index (κ3) is 2.55. The second-order valence-electron chi connectivity index (χ2n) is 5.82. The average Bonchev–Trinajstić information content (AvgIpc) is 2.38. The van der Waals surface area contributed by atoms with Crippen LogP contribution in [0, 0.1) is 0 Å². The fraction of sp³-hybridized carbons (Fsp3) is 0.333. The monoisotopic (exact) mass is 329 g/mol. The summed E-state index contributed by atoms with van der Waals surface area (Å²) in [5.41, 5.74) is 9.52. The van der Waals surface area contributed by atoms with Crippen molar-refractivity contribution in [2.45, 2.75) is 37.1 Å². The molecule has 2 N–H and O–H groups in total. The molecule has 1 aliphatic rings. The molecule has 0 radical (unpaired) electrons. The maximum atomic E-state index is 6.61. The molecule has 0 amide bonds. The van der Waals surface area contributed by atoms with E-state index >= 15 is 0 Å². The van der Waals surface area contributed by atoms with Crippen molar-refractivity contribution in [3.8, 4) is 0 Å². The van der Waals surface area contributed by atoms with E-state index in [1.807, 2.05) is 0 Å². The van der Waals surface area contributed by atoms with Crippen molar-refractivity contribution in [1.82, 2.24) is 0 Å². The predicted molar refractivity (Wildman–Crippen MR) is 87.8 cm³/mol. The van der Waals surface area contributed by atoms with Gasteiger partial charge in [0.2, 0.25) is 0 Å². The molecule has 1 unspecified atom stereocenters. The largest absolute Gasteiger partial charge is 0.327 e. The molecule has 0 spiro atoms. The smallest absolute Gasteiger partial charge is 0.0178 e. The molecule has 0 aromatic heterocycles. The highest BCUT2D eigenvalue weighted by molar-refractivity contribution is 9.10. The number of nitrogens with two attached hydrogens (primary N) is 1. The van der Waals surface area contributed by atoms with Crippen LogP contribution in [0.25, 0.3) is 0 Å². The Hall–Kier alpha value is -1.12. The normalized spacial score (nSPS) is 18.3. The Kier molecular flexibility index (Phi) is 3.95. The first-order valence-electron chi connectivity index (χ1n) is 7.26. The Morgan fingerprint density at radius 2 is 1.80 bits per heavy atom.